The number of pyridine rings is 1. The van der Waals surface area contributed by atoms with Crippen molar-refractivity contribution in [2.24, 2.45) is 5.92 Å². The molecular weight excluding hydrogens is 302 g/mol. The quantitative estimate of drug-likeness (QED) is 0.864. The smallest absolute Gasteiger partial charge is 0.225 e. The van der Waals surface area contributed by atoms with Crippen LogP contribution in [0.3, 0.4) is 0 Å². The van der Waals surface area contributed by atoms with E-state index in [4.69, 9.17) is 0 Å². The van der Waals surface area contributed by atoms with Gasteiger partial charge >= 0.3 is 0 Å². The van der Waals surface area contributed by atoms with E-state index < -0.39 is 0 Å². The molecule has 3 rings (SSSR count). The van der Waals surface area contributed by atoms with Crippen molar-refractivity contribution >= 4 is 11.8 Å². The third kappa shape index (κ3) is 4.34. The fourth-order valence-electron chi connectivity index (χ4n) is 3.83. The Morgan fingerprint density at radius 1 is 1.17 bits per heavy atom. The number of piperidine rings is 1. The number of rotatable bonds is 4. The van der Waals surface area contributed by atoms with E-state index in [1.54, 1.807) is 6.20 Å². The van der Waals surface area contributed by atoms with Crippen LogP contribution in [-0.2, 0) is 16.1 Å². The summed E-state index contributed by atoms with van der Waals surface area (Å²) < 4.78 is 0. The van der Waals surface area contributed by atoms with Gasteiger partial charge in [-0.25, -0.2) is 0 Å². The molecule has 0 bridgehead atoms. The lowest BCUT2D eigenvalue weighted by molar-refractivity contribution is -0.141. The van der Waals surface area contributed by atoms with Crippen LogP contribution in [0.4, 0.5) is 0 Å². The number of hydrogen-bond donors (Lipinski definition) is 1. The Balaban J connectivity index is 1.55. The number of hydrogen-bond acceptors (Lipinski definition) is 3. The van der Waals surface area contributed by atoms with Crippen molar-refractivity contribution in [3.8, 4) is 0 Å². The number of aromatic nitrogens is 1. The van der Waals surface area contributed by atoms with E-state index in [9.17, 15) is 9.59 Å². The highest BCUT2D eigenvalue weighted by molar-refractivity contribution is 5.84. The minimum atomic E-state index is -0.0883. The predicted molar refractivity (Wildman–Crippen MR) is 92.0 cm³/mol. The third-order valence-electron chi connectivity index (χ3n) is 5.25. The van der Waals surface area contributed by atoms with Gasteiger partial charge in [-0.3, -0.25) is 14.6 Å². The molecule has 0 radical (unpaired) electrons. The van der Waals surface area contributed by atoms with Crippen LogP contribution in [0.2, 0.25) is 0 Å². The van der Waals surface area contributed by atoms with E-state index in [2.05, 4.69) is 10.3 Å². The second-order valence-corrected chi connectivity index (χ2v) is 6.97. The summed E-state index contributed by atoms with van der Waals surface area (Å²) in [7, 11) is 0. The number of nitrogens with one attached hydrogen (secondary N) is 1. The highest BCUT2D eigenvalue weighted by Crippen LogP contribution is 2.27. The standard InChI is InChI=1S/C19H27N3O2/c23-18-11-10-15(14-22(18)17-8-3-1-2-4-9-17)19(24)21-13-16-7-5-6-12-20-16/h5-7,12,15,17H,1-4,8-11,13-14H2,(H,21,24). The first kappa shape index (κ1) is 16.9. The normalized spacial score (nSPS) is 22.9. The Bertz CT molecular complexity index is 553. The van der Waals surface area contributed by atoms with Crippen molar-refractivity contribution in [3.63, 3.8) is 0 Å². The largest absolute Gasteiger partial charge is 0.350 e. The molecule has 0 aromatic carbocycles. The third-order valence-corrected chi connectivity index (χ3v) is 5.25. The molecular formula is C19H27N3O2. The van der Waals surface area contributed by atoms with E-state index >= 15 is 0 Å². The number of amides is 2. The van der Waals surface area contributed by atoms with Crippen LogP contribution < -0.4 is 5.32 Å². The second kappa shape index (κ2) is 8.27. The Morgan fingerprint density at radius 2 is 1.96 bits per heavy atom. The second-order valence-electron chi connectivity index (χ2n) is 6.97. The molecule has 1 N–H and O–H groups in total. The number of carbonyl (C=O) groups is 2. The summed E-state index contributed by atoms with van der Waals surface area (Å²) in [5.74, 6) is 0.192. The van der Waals surface area contributed by atoms with Gasteiger partial charge in [0, 0.05) is 25.2 Å². The van der Waals surface area contributed by atoms with Crippen LogP contribution in [-0.4, -0.2) is 34.3 Å². The van der Waals surface area contributed by atoms with Crippen LogP contribution in [0.15, 0.2) is 24.4 Å². The van der Waals surface area contributed by atoms with E-state index in [0.29, 0.717) is 32.0 Å². The molecule has 2 amide bonds. The van der Waals surface area contributed by atoms with Crippen molar-refractivity contribution in [1.82, 2.24) is 15.2 Å². The zero-order valence-corrected chi connectivity index (χ0v) is 14.2. The molecule has 24 heavy (non-hydrogen) atoms. The molecule has 5 nitrogen and oxygen atoms in total. The average molecular weight is 329 g/mol. The average Bonchev–Trinajstić information content (AvgIpc) is 2.90. The Kier molecular flexibility index (Phi) is 5.83. The van der Waals surface area contributed by atoms with Crippen molar-refractivity contribution in [2.45, 2.75) is 64.0 Å². The number of carbonyl (C=O) groups excluding carboxylic acids is 2. The first-order chi connectivity index (χ1) is 11.7. The van der Waals surface area contributed by atoms with Crippen molar-refractivity contribution in [3.05, 3.63) is 30.1 Å². The van der Waals surface area contributed by atoms with Gasteiger partial charge in [-0.05, 0) is 31.4 Å². The predicted octanol–water partition coefficient (Wildman–Crippen LogP) is 2.66. The minimum absolute atomic E-state index is 0.0479. The summed E-state index contributed by atoms with van der Waals surface area (Å²) in [6.45, 7) is 1.03. The molecule has 1 aliphatic heterocycles. The van der Waals surface area contributed by atoms with Gasteiger partial charge in [0.2, 0.25) is 11.8 Å². The maximum absolute atomic E-state index is 12.5. The molecule has 5 heteroatoms. The highest BCUT2D eigenvalue weighted by atomic mass is 16.2. The van der Waals surface area contributed by atoms with Crippen LogP contribution in [0.25, 0.3) is 0 Å². The Hall–Kier alpha value is -1.91. The Morgan fingerprint density at radius 3 is 2.67 bits per heavy atom. The summed E-state index contributed by atoms with van der Waals surface area (Å²) in [5.41, 5.74) is 0.860. The van der Waals surface area contributed by atoms with Crippen molar-refractivity contribution < 1.29 is 9.59 Å². The molecule has 1 saturated heterocycles. The molecule has 1 aliphatic carbocycles. The van der Waals surface area contributed by atoms with E-state index in [0.717, 1.165) is 18.5 Å². The molecule has 1 atom stereocenters. The number of nitrogens with zero attached hydrogens (tertiary/aromatic N) is 2. The van der Waals surface area contributed by atoms with Crippen molar-refractivity contribution in [2.75, 3.05) is 6.54 Å². The summed E-state index contributed by atoms with van der Waals surface area (Å²) in [5, 5.41) is 2.98. The van der Waals surface area contributed by atoms with Gasteiger partial charge in [0.15, 0.2) is 0 Å². The lowest BCUT2D eigenvalue weighted by Gasteiger charge is -2.37. The van der Waals surface area contributed by atoms with Crippen LogP contribution in [0, 0.1) is 5.92 Å². The maximum Gasteiger partial charge on any atom is 0.225 e. The van der Waals surface area contributed by atoms with Crippen LogP contribution >= 0.6 is 0 Å². The number of likely N-dealkylation sites (tertiary alicyclic amines) is 1. The summed E-state index contributed by atoms with van der Waals surface area (Å²) in [6, 6.07) is 6.03. The van der Waals surface area contributed by atoms with Gasteiger partial charge < -0.3 is 10.2 Å². The molecule has 1 aromatic heterocycles. The fourth-order valence-corrected chi connectivity index (χ4v) is 3.83. The zero-order valence-electron chi connectivity index (χ0n) is 14.2. The topological polar surface area (TPSA) is 62.3 Å². The minimum Gasteiger partial charge on any atom is -0.350 e. The van der Waals surface area contributed by atoms with E-state index in [1.807, 2.05) is 23.1 Å². The molecule has 130 valence electrons. The zero-order chi connectivity index (χ0) is 16.8. The molecule has 1 aromatic rings. The summed E-state index contributed by atoms with van der Waals surface area (Å²) in [4.78, 5) is 31.1. The molecule has 2 fully saturated rings. The van der Waals surface area contributed by atoms with E-state index in [-0.39, 0.29) is 17.7 Å². The maximum atomic E-state index is 12.5. The first-order valence-corrected chi connectivity index (χ1v) is 9.21. The molecule has 1 unspecified atom stereocenters. The summed E-state index contributed by atoms with van der Waals surface area (Å²) >= 11 is 0. The molecule has 2 heterocycles. The van der Waals surface area contributed by atoms with Crippen LogP contribution in [0.1, 0.15) is 57.1 Å². The molecule has 1 saturated carbocycles. The molecule has 0 spiro atoms. The van der Waals surface area contributed by atoms with Crippen molar-refractivity contribution in [1.29, 1.82) is 0 Å². The lowest BCUT2D eigenvalue weighted by atomic mass is 9.93. The lowest BCUT2D eigenvalue weighted by Crippen LogP contribution is -2.49. The van der Waals surface area contributed by atoms with Gasteiger partial charge in [-0.1, -0.05) is 31.7 Å². The SMILES string of the molecule is O=C(NCc1ccccn1)C1CCC(=O)N(C2CCCCCC2)C1. The molecule has 2 aliphatic rings. The fraction of sp³-hybridized carbons (Fsp3) is 0.632. The van der Waals surface area contributed by atoms with Gasteiger partial charge in [0.25, 0.3) is 0 Å². The first-order valence-electron chi connectivity index (χ1n) is 9.21. The van der Waals surface area contributed by atoms with Gasteiger partial charge in [0.05, 0.1) is 18.2 Å². The Labute approximate surface area is 143 Å². The monoisotopic (exact) mass is 329 g/mol. The van der Waals surface area contributed by atoms with Gasteiger partial charge in [0.1, 0.15) is 0 Å². The van der Waals surface area contributed by atoms with Gasteiger partial charge in [-0.15, -0.1) is 0 Å². The van der Waals surface area contributed by atoms with E-state index in [1.165, 1.54) is 25.7 Å². The van der Waals surface area contributed by atoms with Gasteiger partial charge in [-0.2, -0.15) is 0 Å². The highest BCUT2D eigenvalue weighted by Gasteiger charge is 2.34. The summed E-state index contributed by atoms with van der Waals surface area (Å²) in [6.07, 6.45) is 10.0. The van der Waals surface area contributed by atoms with Crippen LogP contribution in [0.5, 0.6) is 0 Å².